The fourth-order valence-electron chi connectivity index (χ4n) is 1.32. The van der Waals surface area contributed by atoms with Gasteiger partial charge >= 0.3 is 0 Å². The minimum atomic E-state index is 0.154. The molecule has 0 radical (unpaired) electrons. The molecule has 0 aromatic heterocycles. The average Bonchev–Trinajstić information content (AvgIpc) is 2.04. The Bertz CT molecular complexity index is 240. The molecule has 1 rings (SSSR count). The highest BCUT2D eigenvalue weighted by atomic mass is 16.2. The second-order valence-corrected chi connectivity index (χ2v) is 3.24. The van der Waals surface area contributed by atoms with Crippen molar-refractivity contribution in [3.63, 3.8) is 0 Å². The van der Waals surface area contributed by atoms with E-state index in [-0.39, 0.29) is 5.91 Å². The van der Waals surface area contributed by atoms with Crippen LogP contribution in [0.15, 0.2) is 23.8 Å². The molecule has 0 saturated heterocycles. The van der Waals surface area contributed by atoms with Crippen LogP contribution < -0.4 is 0 Å². The van der Waals surface area contributed by atoms with E-state index in [1.165, 1.54) is 5.57 Å². The molecule has 0 aromatic rings. The van der Waals surface area contributed by atoms with Crippen molar-refractivity contribution in [1.29, 1.82) is 0 Å². The van der Waals surface area contributed by atoms with E-state index >= 15 is 0 Å². The Labute approximate surface area is 73.6 Å². The van der Waals surface area contributed by atoms with Crippen LogP contribution in [0.5, 0.6) is 0 Å². The van der Waals surface area contributed by atoms with E-state index in [1.807, 2.05) is 11.8 Å². The number of carbonyl (C=O) groups excluding carboxylic acids is 1. The number of hydrogen-bond acceptors (Lipinski definition) is 1. The smallest absolute Gasteiger partial charge is 0.219 e. The highest BCUT2D eigenvalue weighted by molar-refractivity contribution is 5.74. The minimum absolute atomic E-state index is 0.154. The zero-order valence-electron chi connectivity index (χ0n) is 7.76. The number of hydrogen-bond donors (Lipinski definition) is 0. The molecule has 0 unspecified atom stereocenters. The molecular formula is C10H15NO. The third-order valence-corrected chi connectivity index (χ3v) is 2.14. The average molecular weight is 165 g/mol. The lowest BCUT2D eigenvalue weighted by atomic mass is 10.0. The van der Waals surface area contributed by atoms with Gasteiger partial charge in [-0.1, -0.05) is 18.2 Å². The fraction of sp³-hybridized carbons (Fsp3) is 0.500. The molecule has 1 aliphatic rings. The van der Waals surface area contributed by atoms with Crippen molar-refractivity contribution < 1.29 is 4.79 Å². The van der Waals surface area contributed by atoms with Crippen LogP contribution in [0.4, 0.5) is 0 Å². The molecule has 12 heavy (non-hydrogen) atoms. The molecule has 0 spiro atoms. The lowest BCUT2D eigenvalue weighted by molar-refractivity contribution is -0.128. The Morgan fingerprint density at radius 1 is 1.58 bits per heavy atom. The van der Waals surface area contributed by atoms with Crippen LogP contribution in [0, 0.1) is 0 Å². The van der Waals surface area contributed by atoms with Gasteiger partial charge in [0, 0.05) is 20.0 Å². The molecule has 2 nitrogen and oxygen atoms in total. The van der Waals surface area contributed by atoms with Crippen LogP contribution in [0.1, 0.15) is 20.3 Å². The standard InChI is InChI=1S/C10H15NO/c1-8(2)10-5-4-6-11(7-10)9(3)12/h5H,1,4,6-7H2,2-3H3. The van der Waals surface area contributed by atoms with Crippen LogP contribution >= 0.6 is 0 Å². The molecule has 0 saturated carbocycles. The quantitative estimate of drug-likeness (QED) is 0.579. The van der Waals surface area contributed by atoms with Gasteiger partial charge in [-0.25, -0.2) is 0 Å². The van der Waals surface area contributed by atoms with Crippen LogP contribution in [-0.2, 0) is 4.79 Å². The summed E-state index contributed by atoms with van der Waals surface area (Å²) in [6.45, 7) is 9.05. The molecule has 0 atom stereocenters. The van der Waals surface area contributed by atoms with Crippen molar-refractivity contribution in [3.05, 3.63) is 23.8 Å². The second-order valence-electron chi connectivity index (χ2n) is 3.24. The summed E-state index contributed by atoms with van der Waals surface area (Å²) < 4.78 is 0. The monoisotopic (exact) mass is 165 g/mol. The van der Waals surface area contributed by atoms with Crippen molar-refractivity contribution in [2.24, 2.45) is 0 Å². The van der Waals surface area contributed by atoms with Gasteiger partial charge in [-0.2, -0.15) is 0 Å². The number of nitrogens with zero attached hydrogens (tertiary/aromatic N) is 1. The molecule has 0 bridgehead atoms. The Morgan fingerprint density at radius 2 is 2.25 bits per heavy atom. The second kappa shape index (κ2) is 3.57. The molecule has 0 N–H and O–H groups in total. The summed E-state index contributed by atoms with van der Waals surface area (Å²) in [6.07, 6.45) is 3.13. The largest absolute Gasteiger partial charge is 0.338 e. The Morgan fingerprint density at radius 3 is 2.75 bits per heavy atom. The van der Waals surface area contributed by atoms with Gasteiger partial charge in [0.25, 0.3) is 0 Å². The minimum Gasteiger partial charge on any atom is -0.338 e. The first-order chi connectivity index (χ1) is 5.61. The van der Waals surface area contributed by atoms with E-state index in [0.717, 1.165) is 25.1 Å². The topological polar surface area (TPSA) is 20.3 Å². The summed E-state index contributed by atoms with van der Waals surface area (Å²) in [5.74, 6) is 0.154. The van der Waals surface area contributed by atoms with E-state index in [9.17, 15) is 4.79 Å². The summed E-state index contributed by atoms with van der Waals surface area (Å²) in [5.41, 5.74) is 2.28. The first-order valence-corrected chi connectivity index (χ1v) is 4.21. The lowest BCUT2D eigenvalue weighted by Crippen LogP contribution is -2.34. The maximum absolute atomic E-state index is 11.0. The van der Waals surface area contributed by atoms with Gasteiger partial charge in [0.1, 0.15) is 0 Å². The van der Waals surface area contributed by atoms with Crippen LogP contribution in [0.2, 0.25) is 0 Å². The van der Waals surface area contributed by atoms with Crippen molar-refractivity contribution >= 4 is 5.91 Å². The lowest BCUT2D eigenvalue weighted by Gasteiger charge is -2.26. The summed E-state index contributed by atoms with van der Waals surface area (Å²) >= 11 is 0. The third-order valence-electron chi connectivity index (χ3n) is 2.14. The van der Waals surface area contributed by atoms with Crippen LogP contribution in [0.3, 0.4) is 0 Å². The van der Waals surface area contributed by atoms with E-state index in [0.29, 0.717) is 0 Å². The maximum Gasteiger partial charge on any atom is 0.219 e. The van der Waals surface area contributed by atoms with Crippen LogP contribution in [-0.4, -0.2) is 23.9 Å². The van der Waals surface area contributed by atoms with Gasteiger partial charge in [0.15, 0.2) is 0 Å². The SMILES string of the molecule is C=C(C)C1=CCCN(C(C)=O)C1. The van der Waals surface area contributed by atoms with Gasteiger partial charge in [-0.15, -0.1) is 0 Å². The Kier molecular flexibility index (Phi) is 2.69. The summed E-state index contributed by atoms with van der Waals surface area (Å²) in [4.78, 5) is 12.9. The molecule has 0 aliphatic carbocycles. The maximum atomic E-state index is 11.0. The van der Waals surface area contributed by atoms with E-state index in [1.54, 1.807) is 6.92 Å². The molecule has 1 heterocycles. The van der Waals surface area contributed by atoms with Crippen molar-refractivity contribution in [3.8, 4) is 0 Å². The van der Waals surface area contributed by atoms with Crippen LogP contribution in [0.25, 0.3) is 0 Å². The highest BCUT2D eigenvalue weighted by Crippen LogP contribution is 2.15. The fourth-order valence-corrected chi connectivity index (χ4v) is 1.32. The molecule has 1 amide bonds. The molecule has 2 heteroatoms. The van der Waals surface area contributed by atoms with Gasteiger partial charge in [0.05, 0.1) is 0 Å². The zero-order chi connectivity index (χ0) is 9.14. The van der Waals surface area contributed by atoms with E-state index in [2.05, 4.69) is 12.7 Å². The van der Waals surface area contributed by atoms with Crippen molar-refractivity contribution in [2.75, 3.05) is 13.1 Å². The molecule has 66 valence electrons. The Balaban J connectivity index is 2.65. The van der Waals surface area contributed by atoms with E-state index < -0.39 is 0 Å². The van der Waals surface area contributed by atoms with Gasteiger partial charge < -0.3 is 4.90 Å². The van der Waals surface area contributed by atoms with Gasteiger partial charge in [-0.3, -0.25) is 4.79 Å². The first kappa shape index (κ1) is 9.04. The van der Waals surface area contributed by atoms with Crippen molar-refractivity contribution in [2.45, 2.75) is 20.3 Å². The predicted octanol–water partition coefficient (Wildman–Crippen LogP) is 1.74. The predicted molar refractivity (Wildman–Crippen MR) is 49.8 cm³/mol. The third kappa shape index (κ3) is 1.97. The first-order valence-electron chi connectivity index (χ1n) is 4.21. The summed E-state index contributed by atoms with van der Waals surface area (Å²) in [6, 6.07) is 0. The van der Waals surface area contributed by atoms with Gasteiger partial charge in [-0.05, 0) is 18.9 Å². The van der Waals surface area contributed by atoms with Gasteiger partial charge in [0.2, 0.25) is 5.91 Å². The molecule has 1 aliphatic heterocycles. The number of amides is 1. The summed E-state index contributed by atoms with van der Waals surface area (Å²) in [5, 5.41) is 0. The molecule has 0 aromatic carbocycles. The normalized spacial score (nSPS) is 17.2. The zero-order valence-corrected chi connectivity index (χ0v) is 7.76. The van der Waals surface area contributed by atoms with Crippen molar-refractivity contribution in [1.82, 2.24) is 4.90 Å². The molecule has 0 fully saturated rings. The highest BCUT2D eigenvalue weighted by Gasteiger charge is 2.14. The number of carbonyl (C=O) groups is 1. The number of rotatable bonds is 1. The Hall–Kier alpha value is -1.05. The van der Waals surface area contributed by atoms with E-state index in [4.69, 9.17) is 0 Å². The molecular weight excluding hydrogens is 150 g/mol. The summed E-state index contributed by atoms with van der Waals surface area (Å²) in [7, 11) is 0.